The average molecular weight is 264 g/mol. The van der Waals surface area contributed by atoms with Crippen molar-refractivity contribution in [1.29, 1.82) is 0 Å². The molecule has 1 atom stereocenters. The Kier molecular flexibility index (Phi) is 6.02. The number of benzene rings is 1. The van der Waals surface area contributed by atoms with Gasteiger partial charge in [-0.05, 0) is 43.7 Å². The van der Waals surface area contributed by atoms with E-state index >= 15 is 0 Å². The zero-order chi connectivity index (χ0) is 14.3. The molecule has 0 aromatic heterocycles. The molecule has 1 amide bonds. The molecule has 0 spiro atoms. The van der Waals surface area contributed by atoms with Crippen LogP contribution in [-0.2, 0) is 9.53 Å². The van der Waals surface area contributed by atoms with E-state index in [1.165, 1.54) is 0 Å². The van der Waals surface area contributed by atoms with Gasteiger partial charge in [-0.2, -0.15) is 0 Å². The number of ether oxygens (including phenoxy) is 1. The molecule has 0 aliphatic carbocycles. The van der Waals surface area contributed by atoms with Crippen LogP contribution in [0.15, 0.2) is 24.3 Å². The van der Waals surface area contributed by atoms with Crippen LogP contribution < -0.4 is 11.1 Å². The molecular weight excluding hydrogens is 244 g/mol. The summed E-state index contributed by atoms with van der Waals surface area (Å²) in [6.07, 6.45) is 0.385. The molecule has 0 heterocycles. The molecule has 1 aromatic carbocycles. The van der Waals surface area contributed by atoms with E-state index in [9.17, 15) is 9.59 Å². The first-order valence-corrected chi connectivity index (χ1v) is 6.34. The van der Waals surface area contributed by atoms with Crippen LogP contribution in [0.1, 0.15) is 30.6 Å². The van der Waals surface area contributed by atoms with Crippen molar-refractivity contribution in [2.75, 3.05) is 18.5 Å². The van der Waals surface area contributed by atoms with E-state index in [1.54, 1.807) is 31.2 Å². The quantitative estimate of drug-likeness (QED) is 0.767. The lowest BCUT2D eigenvalue weighted by atomic mass is 10.1. The van der Waals surface area contributed by atoms with Gasteiger partial charge >= 0.3 is 5.97 Å². The van der Waals surface area contributed by atoms with Crippen molar-refractivity contribution in [3.05, 3.63) is 29.8 Å². The third-order valence-electron chi connectivity index (χ3n) is 2.62. The molecule has 1 rings (SSSR count). The number of amides is 1. The molecule has 0 aliphatic heterocycles. The van der Waals surface area contributed by atoms with Crippen molar-refractivity contribution < 1.29 is 14.3 Å². The molecule has 5 nitrogen and oxygen atoms in total. The van der Waals surface area contributed by atoms with E-state index in [0.29, 0.717) is 30.8 Å². The highest BCUT2D eigenvalue weighted by Gasteiger charge is 2.09. The molecule has 0 aliphatic rings. The van der Waals surface area contributed by atoms with Crippen molar-refractivity contribution >= 4 is 17.6 Å². The summed E-state index contributed by atoms with van der Waals surface area (Å²) in [5.74, 6) is -0.294. The second-order valence-electron chi connectivity index (χ2n) is 4.39. The van der Waals surface area contributed by atoms with Crippen LogP contribution >= 0.6 is 0 Å². The molecule has 104 valence electrons. The summed E-state index contributed by atoms with van der Waals surface area (Å²) in [5, 5.41) is 2.76. The van der Waals surface area contributed by atoms with Crippen LogP contribution in [-0.4, -0.2) is 25.0 Å². The van der Waals surface area contributed by atoms with E-state index in [4.69, 9.17) is 10.5 Å². The van der Waals surface area contributed by atoms with Crippen LogP contribution in [0, 0.1) is 5.92 Å². The Morgan fingerprint density at radius 2 is 1.95 bits per heavy atom. The lowest BCUT2D eigenvalue weighted by molar-refractivity contribution is -0.116. The Labute approximate surface area is 113 Å². The zero-order valence-corrected chi connectivity index (χ0v) is 11.3. The highest BCUT2D eigenvalue weighted by molar-refractivity contribution is 5.93. The third-order valence-corrected chi connectivity index (χ3v) is 2.62. The van der Waals surface area contributed by atoms with Gasteiger partial charge in [0.2, 0.25) is 5.91 Å². The summed E-state index contributed by atoms with van der Waals surface area (Å²) in [7, 11) is 0. The predicted molar refractivity (Wildman–Crippen MR) is 73.9 cm³/mol. The van der Waals surface area contributed by atoms with Gasteiger partial charge in [0.25, 0.3) is 0 Å². The van der Waals surface area contributed by atoms with Crippen molar-refractivity contribution in [2.45, 2.75) is 20.3 Å². The molecule has 5 heteroatoms. The topological polar surface area (TPSA) is 81.4 Å². The normalized spacial score (nSPS) is 11.7. The maximum Gasteiger partial charge on any atom is 0.338 e. The van der Waals surface area contributed by atoms with E-state index in [2.05, 4.69) is 5.32 Å². The van der Waals surface area contributed by atoms with Crippen molar-refractivity contribution in [1.82, 2.24) is 0 Å². The Balaban J connectivity index is 2.57. The minimum Gasteiger partial charge on any atom is -0.462 e. The molecule has 1 aromatic rings. The van der Waals surface area contributed by atoms with Gasteiger partial charge in [-0.15, -0.1) is 0 Å². The number of nitrogens with two attached hydrogens (primary N) is 1. The molecule has 0 saturated carbocycles. The highest BCUT2D eigenvalue weighted by Crippen LogP contribution is 2.12. The Bertz CT molecular complexity index is 429. The Hall–Kier alpha value is -1.88. The van der Waals surface area contributed by atoms with Gasteiger partial charge in [-0.25, -0.2) is 4.79 Å². The summed E-state index contributed by atoms with van der Waals surface area (Å²) >= 11 is 0. The highest BCUT2D eigenvalue weighted by atomic mass is 16.5. The minimum atomic E-state index is -0.364. The number of esters is 1. The number of hydrogen-bond donors (Lipinski definition) is 2. The average Bonchev–Trinajstić information content (AvgIpc) is 2.39. The van der Waals surface area contributed by atoms with Gasteiger partial charge < -0.3 is 15.8 Å². The van der Waals surface area contributed by atoms with Crippen molar-refractivity contribution in [3.8, 4) is 0 Å². The molecule has 3 N–H and O–H groups in total. The van der Waals surface area contributed by atoms with Gasteiger partial charge in [-0.1, -0.05) is 6.92 Å². The number of rotatable bonds is 6. The molecule has 0 fully saturated rings. The first kappa shape index (κ1) is 15.2. The van der Waals surface area contributed by atoms with Crippen LogP contribution in [0.3, 0.4) is 0 Å². The van der Waals surface area contributed by atoms with E-state index in [0.717, 1.165) is 0 Å². The first-order valence-electron chi connectivity index (χ1n) is 6.34. The predicted octanol–water partition coefficient (Wildman–Crippen LogP) is 1.79. The van der Waals surface area contributed by atoms with Crippen LogP contribution in [0.5, 0.6) is 0 Å². The number of hydrogen-bond acceptors (Lipinski definition) is 4. The van der Waals surface area contributed by atoms with Crippen LogP contribution in [0.25, 0.3) is 0 Å². The molecule has 0 radical (unpaired) electrons. The summed E-state index contributed by atoms with van der Waals surface area (Å²) in [4.78, 5) is 23.1. The summed E-state index contributed by atoms with van der Waals surface area (Å²) in [6.45, 7) is 4.50. The van der Waals surface area contributed by atoms with Gasteiger partial charge in [-0.3, -0.25) is 4.79 Å². The van der Waals surface area contributed by atoms with Crippen LogP contribution in [0.2, 0.25) is 0 Å². The molecule has 0 saturated heterocycles. The van der Waals surface area contributed by atoms with Gasteiger partial charge in [0.05, 0.1) is 12.2 Å². The summed E-state index contributed by atoms with van der Waals surface area (Å²) in [6, 6.07) is 6.61. The van der Waals surface area contributed by atoms with E-state index in [-0.39, 0.29) is 17.8 Å². The van der Waals surface area contributed by atoms with Gasteiger partial charge in [0.15, 0.2) is 0 Å². The standard InChI is InChI=1S/C14H20N2O3/c1-3-19-14(18)11-4-6-12(7-5-11)16-13(17)8-10(2)9-15/h4-7,10H,3,8-9,15H2,1-2H3,(H,16,17). The maximum absolute atomic E-state index is 11.6. The fraction of sp³-hybridized carbons (Fsp3) is 0.429. The molecule has 1 unspecified atom stereocenters. The van der Waals surface area contributed by atoms with Crippen LogP contribution in [0.4, 0.5) is 5.69 Å². The first-order chi connectivity index (χ1) is 9.06. The monoisotopic (exact) mass is 264 g/mol. The van der Waals surface area contributed by atoms with E-state index < -0.39 is 0 Å². The lowest BCUT2D eigenvalue weighted by Gasteiger charge is -2.09. The number of carbonyl (C=O) groups excluding carboxylic acids is 2. The van der Waals surface area contributed by atoms with Crippen molar-refractivity contribution in [3.63, 3.8) is 0 Å². The second kappa shape index (κ2) is 7.53. The van der Waals surface area contributed by atoms with Crippen molar-refractivity contribution in [2.24, 2.45) is 11.7 Å². The lowest BCUT2D eigenvalue weighted by Crippen LogP contribution is -2.20. The minimum absolute atomic E-state index is 0.0816. The fourth-order valence-electron chi connectivity index (χ4n) is 1.52. The summed E-state index contributed by atoms with van der Waals surface area (Å²) < 4.78 is 4.88. The number of anilines is 1. The van der Waals surface area contributed by atoms with Gasteiger partial charge in [0, 0.05) is 12.1 Å². The second-order valence-corrected chi connectivity index (χ2v) is 4.39. The van der Waals surface area contributed by atoms with Gasteiger partial charge in [0.1, 0.15) is 0 Å². The molecular formula is C14H20N2O3. The number of nitrogens with one attached hydrogen (secondary N) is 1. The SMILES string of the molecule is CCOC(=O)c1ccc(NC(=O)CC(C)CN)cc1. The fourth-order valence-corrected chi connectivity index (χ4v) is 1.52. The Morgan fingerprint density at radius 3 is 2.47 bits per heavy atom. The van der Waals surface area contributed by atoms with E-state index in [1.807, 2.05) is 6.92 Å². The maximum atomic E-state index is 11.6. The largest absolute Gasteiger partial charge is 0.462 e. The molecule has 19 heavy (non-hydrogen) atoms. The smallest absolute Gasteiger partial charge is 0.338 e. The molecule has 0 bridgehead atoms. The summed E-state index contributed by atoms with van der Waals surface area (Å²) in [5.41, 5.74) is 6.59. The number of carbonyl (C=O) groups is 2. The third kappa shape index (κ3) is 5.09. The Morgan fingerprint density at radius 1 is 1.32 bits per heavy atom. The zero-order valence-electron chi connectivity index (χ0n) is 11.3.